The van der Waals surface area contributed by atoms with Crippen LogP contribution in [-0.2, 0) is 9.53 Å². The maximum atomic E-state index is 10.5. The molecule has 0 heterocycles. The summed E-state index contributed by atoms with van der Waals surface area (Å²) in [5.74, 6) is 0.977. The maximum Gasteiger partial charge on any atom is 0.293 e. The summed E-state index contributed by atoms with van der Waals surface area (Å²) in [6, 6.07) is 0. The molecule has 0 radical (unpaired) electrons. The van der Waals surface area contributed by atoms with Gasteiger partial charge < -0.3 is 4.74 Å². The molecule has 90 valence electrons. The lowest BCUT2D eigenvalue weighted by molar-refractivity contribution is -0.146. The molecule has 0 aromatic carbocycles. The fourth-order valence-corrected chi connectivity index (χ4v) is 2.61. The van der Waals surface area contributed by atoms with Crippen molar-refractivity contribution >= 4 is 6.47 Å². The molecular weight excluding hydrogens is 200 g/mol. The van der Waals surface area contributed by atoms with Gasteiger partial charge in [0.25, 0.3) is 6.47 Å². The molecule has 2 nitrogen and oxygen atoms in total. The summed E-state index contributed by atoms with van der Waals surface area (Å²) in [6.07, 6.45) is 12.0. The fourth-order valence-electron chi connectivity index (χ4n) is 2.61. The van der Waals surface area contributed by atoms with Crippen LogP contribution in [0.15, 0.2) is 24.3 Å². The van der Waals surface area contributed by atoms with Crippen LogP contribution in [0.4, 0.5) is 0 Å². The van der Waals surface area contributed by atoms with Crippen LogP contribution < -0.4 is 0 Å². The summed E-state index contributed by atoms with van der Waals surface area (Å²) in [5, 5.41) is 0. The van der Waals surface area contributed by atoms with Crippen molar-refractivity contribution < 1.29 is 9.53 Å². The smallest absolute Gasteiger partial charge is 0.293 e. The van der Waals surface area contributed by atoms with Crippen LogP contribution in [0.1, 0.15) is 40.0 Å². The molecule has 1 aliphatic rings. The second-order valence-corrected chi connectivity index (χ2v) is 4.93. The Morgan fingerprint density at radius 3 is 2.62 bits per heavy atom. The highest BCUT2D eigenvalue weighted by Gasteiger charge is 2.38. The summed E-state index contributed by atoms with van der Waals surface area (Å²) < 4.78 is 5.22. The first-order valence-electron chi connectivity index (χ1n) is 6.02. The van der Waals surface area contributed by atoms with Gasteiger partial charge in [-0.15, -0.1) is 0 Å². The minimum Gasteiger partial charge on any atom is -0.462 e. The minimum atomic E-state index is -0.344. The maximum absolute atomic E-state index is 10.5. The Balaban J connectivity index is 2.67. The van der Waals surface area contributed by atoms with Gasteiger partial charge in [-0.2, -0.15) is 0 Å². The van der Waals surface area contributed by atoms with Crippen molar-refractivity contribution in [3.8, 4) is 0 Å². The lowest BCUT2D eigenvalue weighted by Gasteiger charge is -2.32. The zero-order valence-corrected chi connectivity index (χ0v) is 10.5. The van der Waals surface area contributed by atoms with Gasteiger partial charge in [0.2, 0.25) is 0 Å². The Morgan fingerprint density at radius 2 is 2.00 bits per heavy atom. The number of carbonyl (C=O) groups is 1. The van der Waals surface area contributed by atoms with Crippen molar-refractivity contribution in [1.82, 2.24) is 0 Å². The van der Waals surface area contributed by atoms with Crippen molar-refractivity contribution in [2.24, 2.45) is 11.8 Å². The number of carbonyl (C=O) groups excluding carboxylic acids is 1. The first-order chi connectivity index (χ1) is 7.61. The van der Waals surface area contributed by atoms with Crippen LogP contribution in [0.5, 0.6) is 0 Å². The van der Waals surface area contributed by atoms with Gasteiger partial charge in [0.15, 0.2) is 0 Å². The summed E-state index contributed by atoms with van der Waals surface area (Å²) in [4.78, 5) is 10.5. The van der Waals surface area contributed by atoms with Crippen molar-refractivity contribution in [2.75, 3.05) is 0 Å². The molecule has 0 unspecified atom stereocenters. The van der Waals surface area contributed by atoms with Gasteiger partial charge >= 0.3 is 0 Å². The zero-order valence-electron chi connectivity index (χ0n) is 10.5. The van der Waals surface area contributed by atoms with Gasteiger partial charge in [-0.3, -0.25) is 4.79 Å². The first kappa shape index (κ1) is 13.0. The molecule has 0 saturated heterocycles. The van der Waals surface area contributed by atoms with Crippen LogP contribution in [0, 0.1) is 11.8 Å². The quantitative estimate of drug-likeness (QED) is 0.526. The molecule has 0 aliphatic heterocycles. The lowest BCUT2D eigenvalue weighted by Crippen LogP contribution is -2.35. The number of rotatable bonds is 5. The molecule has 2 atom stereocenters. The monoisotopic (exact) mass is 222 g/mol. The Bertz CT molecular complexity index is 276. The molecule has 1 saturated carbocycles. The van der Waals surface area contributed by atoms with Crippen LogP contribution in [0.3, 0.4) is 0 Å². The molecule has 0 spiro atoms. The van der Waals surface area contributed by atoms with Crippen molar-refractivity contribution in [2.45, 2.75) is 45.6 Å². The van der Waals surface area contributed by atoms with Crippen molar-refractivity contribution in [3.05, 3.63) is 24.3 Å². The molecule has 1 fully saturated rings. The van der Waals surface area contributed by atoms with Crippen LogP contribution in [0.25, 0.3) is 0 Å². The molecule has 16 heavy (non-hydrogen) atoms. The number of ether oxygens (including phenoxy) is 1. The van der Waals surface area contributed by atoms with Gasteiger partial charge in [0, 0.05) is 5.92 Å². The SMILES string of the molecule is C/C=C/C=C/[C@H]1CCC[C@@H]1C(C)(C)OC=O. The van der Waals surface area contributed by atoms with E-state index in [1.54, 1.807) is 0 Å². The molecule has 0 aromatic heterocycles. The third-order valence-corrected chi connectivity index (χ3v) is 3.48. The number of allylic oxidation sites excluding steroid dienone is 4. The van der Waals surface area contributed by atoms with Gasteiger partial charge in [-0.25, -0.2) is 0 Å². The molecule has 0 amide bonds. The van der Waals surface area contributed by atoms with E-state index in [1.807, 2.05) is 32.9 Å². The normalized spacial score (nSPS) is 26.7. The van der Waals surface area contributed by atoms with Gasteiger partial charge in [-0.05, 0) is 39.5 Å². The van der Waals surface area contributed by atoms with E-state index in [2.05, 4.69) is 12.2 Å². The molecule has 2 heteroatoms. The minimum absolute atomic E-state index is 0.344. The average molecular weight is 222 g/mol. The second-order valence-electron chi connectivity index (χ2n) is 4.93. The van der Waals surface area contributed by atoms with Crippen molar-refractivity contribution in [3.63, 3.8) is 0 Å². The Labute approximate surface area is 98.4 Å². The third kappa shape index (κ3) is 3.22. The summed E-state index contributed by atoms with van der Waals surface area (Å²) in [5.41, 5.74) is -0.344. The summed E-state index contributed by atoms with van der Waals surface area (Å²) >= 11 is 0. The highest BCUT2D eigenvalue weighted by molar-refractivity contribution is 5.38. The highest BCUT2D eigenvalue weighted by atomic mass is 16.5. The van der Waals surface area contributed by atoms with Gasteiger partial charge in [0.1, 0.15) is 5.60 Å². The predicted molar refractivity (Wildman–Crippen MR) is 66.0 cm³/mol. The Morgan fingerprint density at radius 1 is 1.25 bits per heavy atom. The standard InChI is InChI=1S/C14H22O2/c1-4-5-6-8-12-9-7-10-13(12)14(2,3)16-11-15/h4-6,8,11-13H,7,9-10H2,1-3H3/b5-4+,8-6+/t12-,13-/m0/s1. The topological polar surface area (TPSA) is 26.3 Å². The summed E-state index contributed by atoms with van der Waals surface area (Å²) in [6.45, 7) is 6.60. The predicted octanol–water partition coefficient (Wildman–Crippen LogP) is 3.49. The molecular formula is C14H22O2. The summed E-state index contributed by atoms with van der Waals surface area (Å²) in [7, 11) is 0. The lowest BCUT2D eigenvalue weighted by atomic mass is 9.82. The first-order valence-corrected chi connectivity index (χ1v) is 6.02. The number of hydrogen-bond donors (Lipinski definition) is 0. The van der Waals surface area contributed by atoms with E-state index in [4.69, 9.17) is 4.74 Å². The van der Waals surface area contributed by atoms with E-state index < -0.39 is 0 Å². The Hall–Kier alpha value is -1.05. The van der Waals surface area contributed by atoms with Crippen molar-refractivity contribution in [1.29, 1.82) is 0 Å². The van der Waals surface area contributed by atoms with E-state index in [1.165, 1.54) is 12.8 Å². The van der Waals surface area contributed by atoms with E-state index in [-0.39, 0.29) is 5.60 Å². The largest absolute Gasteiger partial charge is 0.462 e. The van der Waals surface area contributed by atoms with Crippen LogP contribution >= 0.6 is 0 Å². The molecule has 0 N–H and O–H groups in total. The van der Waals surface area contributed by atoms with E-state index in [0.29, 0.717) is 18.3 Å². The molecule has 1 rings (SSSR count). The second kappa shape index (κ2) is 5.88. The van der Waals surface area contributed by atoms with Gasteiger partial charge in [0.05, 0.1) is 0 Å². The fraction of sp³-hybridized carbons (Fsp3) is 0.643. The van der Waals surface area contributed by atoms with E-state index in [9.17, 15) is 4.79 Å². The van der Waals surface area contributed by atoms with E-state index >= 15 is 0 Å². The highest BCUT2D eigenvalue weighted by Crippen LogP contribution is 2.41. The molecule has 0 bridgehead atoms. The third-order valence-electron chi connectivity index (χ3n) is 3.48. The Kier molecular flexibility index (Phi) is 4.78. The van der Waals surface area contributed by atoms with Gasteiger partial charge in [-0.1, -0.05) is 30.7 Å². The molecule has 1 aliphatic carbocycles. The average Bonchev–Trinajstić information content (AvgIpc) is 2.67. The molecule has 0 aromatic rings. The van der Waals surface area contributed by atoms with E-state index in [0.717, 1.165) is 6.42 Å². The van der Waals surface area contributed by atoms with Crippen LogP contribution in [0.2, 0.25) is 0 Å². The number of hydrogen-bond acceptors (Lipinski definition) is 2. The van der Waals surface area contributed by atoms with Crippen LogP contribution in [-0.4, -0.2) is 12.1 Å². The zero-order chi connectivity index (χ0) is 12.0.